The fraction of sp³-hybridized carbons (Fsp3) is 0.375. The van der Waals surface area contributed by atoms with Crippen LogP contribution in [-0.4, -0.2) is 18.1 Å². The van der Waals surface area contributed by atoms with Crippen molar-refractivity contribution in [2.45, 2.75) is 6.42 Å². The molecule has 6 heteroatoms. The van der Waals surface area contributed by atoms with Crippen molar-refractivity contribution in [3.8, 4) is 5.88 Å². The average molecular weight is 193 g/mol. The van der Waals surface area contributed by atoms with Gasteiger partial charge in [-0.25, -0.2) is 4.98 Å². The summed E-state index contributed by atoms with van der Waals surface area (Å²) in [6.45, 7) is 1.10. The minimum atomic E-state index is 0.303. The molecule has 0 aliphatic rings. The van der Waals surface area contributed by atoms with Crippen LogP contribution in [0, 0.1) is 0 Å². The third kappa shape index (κ3) is 3.30. The molecule has 0 aliphatic carbocycles. The molecule has 1 rings (SSSR count). The standard InChI is InChI=1S/C8H11N5O/c9-5-2-6-14-8-4-1-3-7(11-8)12-13-10/h1,3-4H,2,5-6,9H2. The highest BCUT2D eigenvalue weighted by Gasteiger charge is 1.95. The van der Waals surface area contributed by atoms with E-state index in [4.69, 9.17) is 16.0 Å². The molecule has 1 aromatic heterocycles. The predicted molar refractivity (Wildman–Crippen MR) is 52.2 cm³/mol. The molecular weight excluding hydrogens is 182 g/mol. The molecule has 1 heterocycles. The zero-order valence-electron chi connectivity index (χ0n) is 7.63. The number of ether oxygens (including phenoxy) is 1. The highest BCUT2D eigenvalue weighted by Crippen LogP contribution is 2.13. The number of rotatable bonds is 5. The second-order valence-corrected chi connectivity index (χ2v) is 2.51. The first-order valence-electron chi connectivity index (χ1n) is 4.22. The molecule has 0 amide bonds. The molecular formula is C8H11N5O. The van der Waals surface area contributed by atoms with E-state index < -0.39 is 0 Å². The summed E-state index contributed by atoms with van der Waals surface area (Å²) in [5.41, 5.74) is 13.5. The zero-order chi connectivity index (χ0) is 10.2. The molecule has 0 unspecified atom stereocenters. The molecule has 74 valence electrons. The van der Waals surface area contributed by atoms with Crippen molar-refractivity contribution in [3.63, 3.8) is 0 Å². The molecule has 2 N–H and O–H groups in total. The molecule has 0 saturated heterocycles. The molecule has 0 spiro atoms. The Morgan fingerprint density at radius 2 is 2.43 bits per heavy atom. The Labute approximate surface area is 81.3 Å². The molecule has 0 radical (unpaired) electrons. The van der Waals surface area contributed by atoms with Crippen LogP contribution in [0.5, 0.6) is 5.88 Å². The van der Waals surface area contributed by atoms with Crippen LogP contribution in [0.15, 0.2) is 23.3 Å². The summed E-state index contributed by atoms with van der Waals surface area (Å²) < 4.78 is 5.26. The maximum Gasteiger partial charge on any atom is 0.213 e. The van der Waals surface area contributed by atoms with Gasteiger partial charge in [-0.1, -0.05) is 6.07 Å². The molecule has 14 heavy (non-hydrogen) atoms. The van der Waals surface area contributed by atoms with Crippen LogP contribution < -0.4 is 10.5 Å². The Balaban J connectivity index is 2.59. The number of aromatic nitrogens is 1. The van der Waals surface area contributed by atoms with E-state index in [0.29, 0.717) is 24.8 Å². The van der Waals surface area contributed by atoms with Crippen molar-refractivity contribution < 1.29 is 4.74 Å². The van der Waals surface area contributed by atoms with E-state index in [1.54, 1.807) is 18.2 Å². The van der Waals surface area contributed by atoms with E-state index in [2.05, 4.69) is 15.0 Å². The minimum Gasteiger partial charge on any atom is -0.478 e. The highest BCUT2D eigenvalue weighted by molar-refractivity contribution is 5.30. The monoisotopic (exact) mass is 193 g/mol. The molecule has 6 nitrogen and oxygen atoms in total. The van der Waals surface area contributed by atoms with Crippen LogP contribution >= 0.6 is 0 Å². The molecule has 0 bridgehead atoms. The van der Waals surface area contributed by atoms with E-state index in [-0.39, 0.29) is 0 Å². The largest absolute Gasteiger partial charge is 0.478 e. The third-order valence-electron chi connectivity index (χ3n) is 1.45. The van der Waals surface area contributed by atoms with Crippen LogP contribution in [-0.2, 0) is 0 Å². The summed E-state index contributed by atoms with van der Waals surface area (Å²) in [5.74, 6) is 0.751. The second-order valence-electron chi connectivity index (χ2n) is 2.51. The van der Waals surface area contributed by atoms with Gasteiger partial charge in [0.05, 0.1) is 6.61 Å². The predicted octanol–water partition coefficient (Wildman–Crippen LogP) is 1.75. The lowest BCUT2D eigenvalue weighted by molar-refractivity contribution is 0.302. The minimum absolute atomic E-state index is 0.303. The number of hydrogen-bond acceptors (Lipinski definition) is 4. The summed E-state index contributed by atoms with van der Waals surface area (Å²) in [7, 11) is 0. The van der Waals surface area contributed by atoms with E-state index in [9.17, 15) is 0 Å². The maximum atomic E-state index is 8.19. The SMILES string of the molecule is [N-]=[N+]=Nc1cccc(OCCCN)n1. The third-order valence-corrected chi connectivity index (χ3v) is 1.45. The maximum absolute atomic E-state index is 8.19. The van der Waals surface area contributed by atoms with Gasteiger partial charge in [-0.2, -0.15) is 0 Å². The number of nitrogens with two attached hydrogens (primary N) is 1. The van der Waals surface area contributed by atoms with Gasteiger partial charge >= 0.3 is 0 Å². The van der Waals surface area contributed by atoms with Crippen LogP contribution in [0.4, 0.5) is 5.82 Å². The second kappa shape index (κ2) is 5.80. The first-order chi connectivity index (χ1) is 6.86. The van der Waals surface area contributed by atoms with Gasteiger partial charge in [-0.05, 0) is 29.7 Å². The quantitative estimate of drug-likeness (QED) is 0.334. The average Bonchev–Trinajstić information content (AvgIpc) is 2.19. The van der Waals surface area contributed by atoms with Gasteiger partial charge in [0.15, 0.2) is 0 Å². The Hall–Kier alpha value is -1.78. The lowest BCUT2D eigenvalue weighted by Gasteiger charge is -2.03. The molecule has 0 fully saturated rings. The van der Waals surface area contributed by atoms with Crippen molar-refractivity contribution in [1.29, 1.82) is 0 Å². The summed E-state index contributed by atoms with van der Waals surface area (Å²) in [5, 5.41) is 3.36. The van der Waals surface area contributed by atoms with Crippen molar-refractivity contribution in [1.82, 2.24) is 4.98 Å². The smallest absolute Gasteiger partial charge is 0.213 e. The van der Waals surface area contributed by atoms with E-state index in [1.165, 1.54) is 0 Å². The normalized spacial score (nSPS) is 9.21. The number of azide groups is 1. The summed E-state index contributed by atoms with van der Waals surface area (Å²) in [6.07, 6.45) is 0.771. The van der Waals surface area contributed by atoms with Gasteiger partial charge in [0.1, 0.15) is 5.82 Å². The number of nitrogens with zero attached hydrogens (tertiary/aromatic N) is 4. The summed E-state index contributed by atoms with van der Waals surface area (Å²) >= 11 is 0. The summed E-state index contributed by atoms with van der Waals surface area (Å²) in [6, 6.07) is 5.03. The lowest BCUT2D eigenvalue weighted by atomic mass is 10.4. The van der Waals surface area contributed by atoms with E-state index >= 15 is 0 Å². The Morgan fingerprint density at radius 1 is 1.57 bits per heavy atom. The fourth-order valence-corrected chi connectivity index (χ4v) is 0.846. The summed E-state index contributed by atoms with van der Waals surface area (Å²) in [4.78, 5) is 6.58. The van der Waals surface area contributed by atoms with Crippen LogP contribution in [0.3, 0.4) is 0 Å². The molecule has 1 aromatic rings. The van der Waals surface area contributed by atoms with Gasteiger partial charge < -0.3 is 10.5 Å². The fourth-order valence-electron chi connectivity index (χ4n) is 0.846. The first-order valence-corrected chi connectivity index (χ1v) is 4.22. The molecule has 0 saturated carbocycles. The van der Waals surface area contributed by atoms with Crippen molar-refractivity contribution in [2.24, 2.45) is 10.8 Å². The molecule has 0 atom stereocenters. The van der Waals surface area contributed by atoms with Crippen molar-refractivity contribution >= 4 is 5.82 Å². The van der Waals surface area contributed by atoms with E-state index in [1.807, 2.05) is 0 Å². The van der Waals surface area contributed by atoms with Crippen molar-refractivity contribution in [3.05, 3.63) is 28.6 Å². The number of hydrogen-bond donors (Lipinski definition) is 1. The van der Waals surface area contributed by atoms with Gasteiger partial charge in [0.2, 0.25) is 5.88 Å². The van der Waals surface area contributed by atoms with Gasteiger partial charge in [-0.3, -0.25) is 0 Å². The Kier molecular flexibility index (Phi) is 4.26. The molecule has 0 aromatic carbocycles. The van der Waals surface area contributed by atoms with Crippen LogP contribution in [0.2, 0.25) is 0 Å². The van der Waals surface area contributed by atoms with Crippen LogP contribution in [0.25, 0.3) is 10.4 Å². The lowest BCUT2D eigenvalue weighted by Crippen LogP contribution is -2.06. The number of pyridine rings is 1. The molecule has 0 aliphatic heterocycles. The Morgan fingerprint density at radius 3 is 3.14 bits per heavy atom. The zero-order valence-corrected chi connectivity index (χ0v) is 7.63. The highest BCUT2D eigenvalue weighted by atomic mass is 16.5. The van der Waals surface area contributed by atoms with Crippen molar-refractivity contribution in [2.75, 3.05) is 13.2 Å². The topological polar surface area (TPSA) is 96.9 Å². The van der Waals surface area contributed by atoms with E-state index in [0.717, 1.165) is 6.42 Å². The van der Waals surface area contributed by atoms with Gasteiger partial charge in [0, 0.05) is 11.0 Å². The Bertz CT molecular complexity index is 334. The van der Waals surface area contributed by atoms with Gasteiger partial charge in [0.25, 0.3) is 0 Å². The van der Waals surface area contributed by atoms with Gasteiger partial charge in [-0.15, -0.1) is 0 Å². The van der Waals surface area contributed by atoms with Crippen LogP contribution in [0.1, 0.15) is 6.42 Å². The first kappa shape index (κ1) is 10.3.